The van der Waals surface area contributed by atoms with Gasteiger partial charge in [0, 0.05) is 35.8 Å². The Morgan fingerprint density at radius 3 is 2.98 bits per heavy atom. The Morgan fingerprint density at radius 2 is 2.07 bits per heavy atom. The van der Waals surface area contributed by atoms with Crippen LogP contribution in [0.5, 0.6) is 6.01 Å². The van der Waals surface area contributed by atoms with Crippen molar-refractivity contribution in [2.45, 2.75) is 56.8 Å². The van der Waals surface area contributed by atoms with Gasteiger partial charge in [-0.1, -0.05) is 6.07 Å². The molecule has 0 saturated carbocycles. The SMILES string of the molecule is Cc1cc2[nH]ncc2c2c1CCCOC(=O)O[C@@H]1COCCN(C1)c1nc(OC[C@@]34CCCN3C[C@H](F)C4)nc3c(F)c-2ccc13. The molecule has 3 saturated heterocycles. The molecule has 9 rings (SSSR count). The molecule has 242 valence electrons. The highest BCUT2D eigenvalue weighted by molar-refractivity contribution is 6.01. The molecule has 0 amide bonds. The van der Waals surface area contributed by atoms with E-state index < -0.39 is 29.8 Å². The van der Waals surface area contributed by atoms with Crippen LogP contribution in [-0.4, -0.2) is 102 Å². The number of H-pyrrole nitrogens is 1. The van der Waals surface area contributed by atoms with Gasteiger partial charge in [-0.2, -0.15) is 15.1 Å². The molecular formula is C33H36F2N6O5. The molecule has 3 atom stereocenters. The summed E-state index contributed by atoms with van der Waals surface area (Å²) < 4.78 is 54.7. The number of nitrogens with one attached hydrogen (secondary N) is 1. The molecule has 13 heteroatoms. The van der Waals surface area contributed by atoms with Gasteiger partial charge in [0.15, 0.2) is 5.82 Å². The van der Waals surface area contributed by atoms with Crippen molar-refractivity contribution < 1.29 is 32.5 Å². The quantitative estimate of drug-likeness (QED) is 0.313. The van der Waals surface area contributed by atoms with Crippen LogP contribution >= 0.6 is 0 Å². The van der Waals surface area contributed by atoms with Gasteiger partial charge in [0.25, 0.3) is 0 Å². The summed E-state index contributed by atoms with van der Waals surface area (Å²) >= 11 is 0. The van der Waals surface area contributed by atoms with E-state index in [0.717, 1.165) is 41.4 Å². The van der Waals surface area contributed by atoms with Gasteiger partial charge < -0.3 is 23.8 Å². The Morgan fingerprint density at radius 1 is 1.15 bits per heavy atom. The average Bonchev–Trinajstić information content (AvgIpc) is 3.68. The van der Waals surface area contributed by atoms with Crippen molar-refractivity contribution in [1.82, 2.24) is 25.1 Å². The van der Waals surface area contributed by atoms with E-state index in [-0.39, 0.29) is 37.9 Å². The molecule has 0 spiro atoms. The Labute approximate surface area is 264 Å². The fourth-order valence-electron chi connectivity index (χ4n) is 7.79. The normalized spacial score (nSPS) is 25.5. The Hall–Kier alpha value is -4.10. The summed E-state index contributed by atoms with van der Waals surface area (Å²) in [6, 6.07) is 5.63. The summed E-state index contributed by atoms with van der Waals surface area (Å²) in [5.41, 5.74) is 3.46. The van der Waals surface area contributed by atoms with Gasteiger partial charge in [0.2, 0.25) is 0 Å². The summed E-state index contributed by atoms with van der Waals surface area (Å²) in [6.07, 6.45) is 2.62. The highest BCUT2D eigenvalue weighted by atomic mass is 19.1. The summed E-state index contributed by atoms with van der Waals surface area (Å²) in [5.74, 6) is -0.0541. The number of benzene rings is 2. The minimum atomic E-state index is -0.909. The lowest BCUT2D eigenvalue weighted by Gasteiger charge is -2.31. The molecule has 4 aromatic rings. The molecule has 0 unspecified atom stereocenters. The number of hydrogen-bond acceptors (Lipinski definition) is 10. The summed E-state index contributed by atoms with van der Waals surface area (Å²) in [5, 5.41) is 8.54. The fraction of sp³-hybridized carbons (Fsp3) is 0.515. The smallest absolute Gasteiger partial charge is 0.461 e. The molecule has 2 aromatic carbocycles. The van der Waals surface area contributed by atoms with Gasteiger partial charge >= 0.3 is 12.2 Å². The second-order valence-corrected chi connectivity index (χ2v) is 12.9. The second kappa shape index (κ2) is 11.6. The van der Waals surface area contributed by atoms with Crippen LogP contribution in [0.1, 0.15) is 36.8 Å². The molecule has 7 heterocycles. The maximum atomic E-state index is 17.1. The minimum absolute atomic E-state index is 0.0168. The molecule has 11 nitrogen and oxygen atoms in total. The van der Waals surface area contributed by atoms with Crippen LogP contribution in [0.2, 0.25) is 0 Å². The van der Waals surface area contributed by atoms with Crippen molar-refractivity contribution >= 4 is 33.8 Å². The molecule has 5 aliphatic rings. The Bertz CT molecular complexity index is 1820. The molecule has 3 fully saturated rings. The van der Waals surface area contributed by atoms with E-state index in [0.29, 0.717) is 61.3 Å². The third-order valence-electron chi connectivity index (χ3n) is 9.93. The zero-order valence-corrected chi connectivity index (χ0v) is 25.7. The van der Waals surface area contributed by atoms with Gasteiger partial charge in [0.05, 0.1) is 43.6 Å². The number of nitrogens with zero attached hydrogens (tertiary/aromatic N) is 5. The molecule has 46 heavy (non-hydrogen) atoms. The summed E-state index contributed by atoms with van der Waals surface area (Å²) in [4.78, 5) is 26.2. The van der Waals surface area contributed by atoms with Crippen LogP contribution in [0.15, 0.2) is 24.4 Å². The number of aromatic nitrogens is 4. The Balaban J connectivity index is 1.30. The first-order valence-electron chi connectivity index (χ1n) is 16.0. The van der Waals surface area contributed by atoms with Gasteiger partial charge in [-0.15, -0.1) is 0 Å². The van der Waals surface area contributed by atoms with Crippen LogP contribution < -0.4 is 9.64 Å². The zero-order valence-electron chi connectivity index (χ0n) is 25.7. The number of aromatic amines is 1. The fourth-order valence-corrected chi connectivity index (χ4v) is 7.79. The number of anilines is 1. The number of hydrogen-bond donors (Lipinski definition) is 1. The van der Waals surface area contributed by atoms with E-state index in [9.17, 15) is 9.18 Å². The maximum Gasteiger partial charge on any atom is 0.508 e. The number of ether oxygens (including phenoxy) is 4. The van der Waals surface area contributed by atoms with E-state index >= 15 is 4.39 Å². The molecule has 0 aliphatic carbocycles. The number of alkyl halides is 1. The number of rotatable bonds is 3. The number of halogens is 2. The highest BCUT2D eigenvalue weighted by Crippen LogP contribution is 2.42. The van der Waals surface area contributed by atoms with Crippen molar-refractivity contribution in [1.29, 1.82) is 0 Å². The second-order valence-electron chi connectivity index (χ2n) is 12.9. The van der Waals surface area contributed by atoms with Crippen LogP contribution in [-0.2, 0) is 20.6 Å². The first kappa shape index (κ1) is 29.3. The van der Waals surface area contributed by atoms with Crippen molar-refractivity contribution in [3.63, 3.8) is 0 Å². The molecular weight excluding hydrogens is 598 g/mol. The van der Waals surface area contributed by atoms with Crippen molar-refractivity contribution in [3.05, 3.63) is 41.3 Å². The largest absolute Gasteiger partial charge is 0.508 e. The van der Waals surface area contributed by atoms with Crippen LogP contribution in [0, 0.1) is 12.7 Å². The van der Waals surface area contributed by atoms with Gasteiger partial charge in [0.1, 0.15) is 30.2 Å². The van der Waals surface area contributed by atoms with Crippen LogP contribution in [0.3, 0.4) is 0 Å². The maximum absolute atomic E-state index is 17.1. The van der Waals surface area contributed by atoms with Crippen molar-refractivity contribution in [2.24, 2.45) is 0 Å². The number of aryl methyl sites for hydroxylation is 1. The van der Waals surface area contributed by atoms with E-state index in [2.05, 4.69) is 20.1 Å². The number of carbonyl (C=O) groups is 1. The number of fused-ring (bicyclic) bond motifs is 8. The van der Waals surface area contributed by atoms with Crippen molar-refractivity contribution in [3.8, 4) is 17.1 Å². The van der Waals surface area contributed by atoms with E-state index in [1.54, 1.807) is 12.3 Å². The predicted molar refractivity (Wildman–Crippen MR) is 165 cm³/mol. The van der Waals surface area contributed by atoms with Crippen LogP contribution in [0.25, 0.3) is 32.9 Å². The van der Waals surface area contributed by atoms with Crippen LogP contribution in [0.4, 0.5) is 19.4 Å². The predicted octanol–water partition coefficient (Wildman–Crippen LogP) is 4.88. The first-order valence-corrected chi connectivity index (χ1v) is 16.0. The van der Waals surface area contributed by atoms with Gasteiger partial charge in [-0.3, -0.25) is 10.00 Å². The lowest BCUT2D eigenvalue weighted by atomic mass is 9.89. The molecule has 6 bridgehead atoms. The lowest BCUT2D eigenvalue weighted by Crippen LogP contribution is -2.43. The van der Waals surface area contributed by atoms with E-state index in [1.165, 1.54) is 0 Å². The first-order chi connectivity index (χ1) is 22.4. The average molecular weight is 635 g/mol. The summed E-state index contributed by atoms with van der Waals surface area (Å²) in [7, 11) is 0. The third kappa shape index (κ3) is 5.09. The number of carbonyl (C=O) groups excluding carboxylic acids is 1. The van der Waals surface area contributed by atoms with E-state index in [1.807, 2.05) is 24.0 Å². The van der Waals surface area contributed by atoms with Crippen molar-refractivity contribution in [2.75, 3.05) is 57.5 Å². The molecule has 1 N–H and O–H groups in total. The van der Waals surface area contributed by atoms with Gasteiger partial charge in [-0.25, -0.2) is 13.6 Å². The molecule has 0 radical (unpaired) electrons. The zero-order chi connectivity index (χ0) is 31.4. The molecule has 2 aromatic heterocycles. The summed E-state index contributed by atoms with van der Waals surface area (Å²) in [6.45, 7) is 4.75. The topological polar surface area (TPSA) is 115 Å². The monoisotopic (exact) mass is 634 g/mol. The third-order valence-corrected chi connectivity index (χ3v) is 9.93. The van der Waals surface area contributed by atoms with E-state index in [4.69, 9.17) is 23.9 Å². The Kier molecular flexibility index (Phi) is 7.40. The lowest BCUT2D eigenvalue weighted by molar-refractivity contribution is -0.00448. The standard InChI is InChI=1S/C33H36F2N6O5/c1-19-12-26-25(14-36-39-26)27-22(19)4-2-10-44-32(42)46-21-16-40(9-11-43-17-21)30-24-6-5-23(27)28(35)29(24)37-31(38-30)45-18-33-7-3-8-41(33)15-20(34)13-33/h5-6,12,14,20-21H,2-4,7-11,13,15-18H2,1H3,(H,36,39)/t20-,21+,33+/m1/s1. The minimum Gasteiger partial charge on any atom is -0.461 e. The van der Waals surface area contributed by atoms with Gasteiger partial charge in [-0.05, 0) is 68.0 Å². The molecule has 5 aliphatic heterocycles. The highest BCUT2D eigenvalue weighted by Gasteiger charge is 2.49.